The Morgan fingerprint density at radius 2 is 2.18 bits per heavy atom. The molecule has 1 unspecified atom stereocenters. The second-order valence-electron chi connectivity index (χ2n) is 4.85. The zero-order chi connectivity index (χ0) is 12.8. The van der Waals surface area contributed by atoms with Crippen LogP contribution in [0.4, 0.5) is 0 Å². The van der Waals surface area contributed by atoms with Crippen molar-refractivity contribution < 1.29 is 4.79 Å². The lowest BCUT2D eigenvalue weighted by Crippen LogP contribution is -2.26. The van der Waals surface area contributed by atoms with Crippen LogP contribution in [-0.4, -0.2) is 34.1 Å². The van der Waals surface area contributed by atoms with E-state index in [9.17, 15) is 4.79 Å². The fourth-order valence-electron chi connectivity index (χ4n) is 1.67. The second-order valence-corrected chi connectivity index (χ2v) is 4.85. The van der Waals surface area contributed by atoms with Gasteiger partial charge in [0.1, 0.15) is 17.9 Å². The number of Topliss-reactive ketones (excluding diaryl/α,β-unsaturated/α-hetero) is 1. The number of carbonyl (C=O) groups excluding carboxylic acids is 1. The van der Waals surface area contributed by atoms with Gasteiger partial charge >= 0.3 is 0 Å². The molecule has 0 spiro atoms. The first-order chi connectivity index (χ1) is 8.04. The number of hydrogen-bond donors (Lipinski definition) is 1. The number of nitrogens with zero attached hydrogens (tertiary/aromatic N) is 3. The fourth-order valence-corrected chi connectivity index (χ4v) is 1.67. The number of nitrogens with one attached hydrogen (secondary N) is 1. The molecule has 1 atom stereocenters. The quantitative estimate of drug-likeness (QED) is 0.767. The first-order valence-electron chi connectivity index (χ1n) is 6.08. The van der Waals surface area contributed by atoms with Gasteiger partial charge in [0.15, 0.2) is 0 Å². The lowest BCUT2D eigenvalue weighted by Gasteiger charge is -2.11. The Balaban J connectivity index is 2.62. The predicted octanol–water partition coefficient (Wildman–Crippen LogP) is 0.901. The maximum Gasteiger partial charge on any atom is 0.144 e. The molecule has 0 aromatic carbocycles. The molecule has 0 fully saturated rings. The van der Waals surface area contributed by atoms with E-state index in [2.05, 4.69) is 29.2 Å². The molecular formula is C12H22N4O. The first-order valence-corrected chi connectivity index (χ1v) is 6.08. The highest BCUT2D eigenvalue weighted by molar-refractivity contribution is 5.82. The second kappa shape index (κ2) is 6.49. The molecule has 0 bridgehead atoms. The highest BCUT2D eigenvalue weighted by Gasteiger charge is 2.16. The molecule has 1 aromatic rings. The van der Waals surface area contributed by atoms with E-state index in [4.69, 9.17) is 0 Å². The van der Waals surface area contributed by atoms with Gasteiger partial charge in [-0.05, 0) is 13.0 Å². The van der Waals surface area contributed by atoms with Crippen molar-refractivity contribution in [1.82, 2.24) is 20.1 Å². The third-order valence-electron chi connectivity index (χ3n) is 2.63. The van der Waals surface area contributed by atoms with Gasteiger partial charge in [-0.25, -0.2) is 9.67 Å². The molecule has 1 heterocycles. The summed E-state index contributed by atoms with van der Waals surface area (Å²) in [4.78, 5) is 16.1. The smallest absolute Gasteiger partial charge is 0.144 e. The fraction of sp³-hybridized carbons (Fsp3) is 0.750. The van der Waals surface area contributed by atoms with Crippen LogP contribution in [-0.2, 0) is 17.8 Å². The normalized spacial score (nSPS) is 13.0. The molecule has 0 saturated carbocycles. The van der Waals surface area contributed by atoms with Crippen molar-refractivity contribution in [3.63, 3.8) is 0 Å². The van der Waals surface area contributed by atoms with Crippen molar-refractivity contribution in [3.8, 4) is 0 Å². The Morgan fingerprint density at radius 3 is 2.76 bits per heavy atom. The van der Waals surface area contributed by atoms with E-state index < -0.39 is 0 Å². The van der Waals surface area contributed by atoms with Crippen LogP contribution < -0.4 is 5.32 Å². The van der Waals surface area contributed by atoms with Gasteiger partial charge in [0.2, 0.25) is 0 Å². The molecular weight excluding hydrogens is 216 g/mol. The summed E-state index contributed by atoms with van der Waals surface area (Å²) < 4.78 is 1.83. The van der Waals surface area contributed by atoms with E-state index in [-0.39, 0.29) is 11.7 Å². The summed E-state index contributed by atoms with van der Waals surface area (Å²) >= 11 is 0. The van der Waals surface area contributed by atoms with Gasteiger partial charge in [0.05, 0.1) is 6.42 Å². The van der Waals surface area contributed by atoms with Gasteiger partial charge in [-0.3, -0.25) is 4.79 Å². The Labute approximate surface area is 103 Å². The Bertz CT molecular complexity index is 359. The minimum Gasteiger partial charge on any atom is -0.319 e. The van der Waals surface area contributed by atoms with Gasteiger partial charge in [-0.1, -0.05) is 20.8 Å². The summed E-state index contributed by atoms with van der Waals surface area (Å²) in [6.07, 6.45) is 1.89. The predicted molar refractivity (Wildman–Crippen MR) is 66.7 cm³/mol. The van der Waals surface area contributed by atoms with Crippen LogP contribution in [0, 0.1) is 11.8 Å². The highest BCUT2D eigenvalue weighted by Crippen LogP contribution is 2.05. The van der Waals surface area contributed by atoms with Gasteiger partial charge in [-0.2, -0.15) is 5.10 Å². The molecule has 5 heteroatoms. The van der Waals surface area contributed by atoms with Crippen LogP contribution in [0.2, 0.25) is 0 Å². The average molecular weight is 238 g/mol. The summed E-state index contributed by atoms with van der Waals surface area (Å²) in [5, 5.41) is 7.16. The molecule has 0 saturated heterocycles. The monoisotopic (exact) mass is 238 g/mol. The van der Waals surface area contributed by atoms with Crippen molar-refractivity contribution in [2.24, 2.45) is 11.8 Å². The highest BCUT2D eigenvalue weighted by atomic mass is 16.1. The largest absolute Gasteiger partial charge is 0.319 e. The van der Waals surface area contributed by atoms with Crippen molar-refractivity contribution in [1.29, 1.82) is 0 Å². The average Bonchev–Trinajstić information content (AvgIpc) is 2.65. The van der Waals surface area contributed by atoms with E-state index in [1.807, 2.05) is 18.7 Å². The molecule has 1 N–H and O–H groups in total. The Kier molecular flexibility index (Phi) is 5.28. The van der Waals surface area contributed by atoms with E-state index >= 15 is 0 Å². The van der Waals surface area contributed by atoms with Crippen molar-refractivity contribution in [3.05, 3.63) is 12.2 Å². The van der Waals surface area contributed by atoms with E-state index in [0.29, 0.717) is 18.9 Å². The maximum absolute atomic E-state index is 11.9. The molecule has 0 amide bonds. The number of hydrogen-bond acceptors (Lipinski definition) is 4. The maximum atomic E-state index is 11.9. The van der Waals surface area contributed by atoms with E-state index in [0.717, 1.165) is 12.4 Å². The Morgan fingerprint density at radius 1 is 1.47 bits per heavy atom. The summed E-state index contributed by atoms with van der Waals surface area (Å²) in [6.45, 7) is 7.69. The van der Waals surface area contributed by atoms with Crippen LogP contribution >= 0.6 is 0 Å². The molecule has 0 radical (unpaired) electrons. The van der Waals surface area contributed by atoms with Gasteiger partial charge in [-0.15, -0.1) is 0 Å². The molecule has 1 rings (SSSR count). The summed E-state index contributed by atoms with van der Waals surface area (Å²) in [5.74, 6) is 1.49. The summed E-state index contributed by atoms with van der Waals surface area (Å²) in [7, 11) is 1.85. The summed E-state index contributed by atoms with van der Waals surface area (Å²) in [5.41, 5.74) is 0. The molecule has 17 heavy (non-hydrogen) atoms. The van der Waals surface area contributed by atoms with Crippen molar-refractivity contribution in [2.75, 3.05) is 13.6 Å². The lowest BCUT2D eigenvalue weighted by molar-refractivity contribution is -0.121. The minimum atomic E-state index is 0.0178. The Hall–Kier alpha value is -1.23. The molecule has 96 valence electrons. The number of rotatable bonds is 7. The van der Waals surface area contributed by atoms with Crippen molar-refractivity contribution >= 4 is 5.78 Å². The van der Waals surface area contributed by atoms with Crippen LogP contribution in [0.15, 0.2) is 6.33 Å². The van der Waals surface area contributed by atoms with Gasteiger partial charge in [0.25, 0.3) is 0 Å². The van der Waals surface area contributed by atoms with E-state index in [1.165, 1.54) is 6.33 Å². The zero-order valence-electron chi connectivity index (χ0n) is 11.1. The van der Waals surface area contributed by atoms with Crippen LogP contribution in [0.1, 0.15) is 26.6 Å². The minimum absolute atomic E-state index is 0.0178. The molecule has 0 aliphatic rings. The van der Waals surface area contributed by atoms with Gasteiger partial charge in [0, 0.05) is 19.0 Å². The topological polar surface area (TPSA) is 59.8 Å². The number of aromatic nitrogens is 3. The molecule has 1 aromatic heterocycles. The van der Waals surface area contributed by atoms with Crippen LogP contribution in [0.3, 0.4) is 0 Å². The zero-order valence-corrected chi connectivity index (χ0v) is 11.1. The summed E-state index contributed by atoms with van der Waals surface area (Å²) in [6, 6.07) is 0. The van der Waals surface area contributed by atoms with Crippen LogP contribution in [0.25, 0.3) is 0 Å². The molecule has 5 nitrogen and oxygen atoms in total. The molecule has 0 aliphatic carbocycles. The standard InChI is InChI=1S/C12H22N4O/c1-9(2)7-16-12(14-8-15-16)5-11(17)10(3)6-13-4/h8-10,13H,5-7H2,1-4H3. The molecule has 0 aliphatic heterocycles. The van der Waals surface area contributed by atoms with Gasteiger partial charge < -0.3 is 5.32 Å². The SMILES string of the molecule is CNCC(C)C(=O)Cc1ncnn1CC(C)C. The third-order valence-corrected chi connectivity index (χ3v) is 2.63. The first kappa shape index (κ1) is 13.8. The van der Waals surface area contributed by atoms with E-state index in [1.54, 1.807) is 0 Å². The number of carbonyl (C=O) groups is 1. The van der Waals surface area contributed by atoms with Crippen LogP contribution in [0.5, 0.6) is 0 Å². The van der Waals surface area contributed by atoms with Crippen molar-refractivity contribution in [2.45, 2.75) is 33.7 Å². The third kappa shape index (κ3) is 4.26. The number of ketones is 1. The lowest BCUT2D eigenvalue weighted by atomic mass is 10.0.